The second-order valence-corrected chi connectivity index (χ2v) is 6.21. The molecule has 2 rings (SSSR count). The van der Waals surface area contributed by atoms with Crippen molar-refractivity contribution in [1.29, 1.82) is 0 Å². The van der Waals surface area contributed by atoms with E-state index >= 15 is 0 Å². The standard InChI is InChI=1S/C18H24FNO3/c19-15-10-4-3-9-14(15)18(13-7-1-2-8-13)20-16(21)11-5-6-12-17(22)23/h3-4,9-10,13,18H,1-2,5-8,11-12H2,(H,20,21)(H,22,23). The maximum absolute atomic E-state index is 14.1. The normalized spacial score (nSPS) is 16.2. The summed E-state index contributed by atoms with van der Waals surface area (Å²) in [7, 11) is 0. The van der Waals surface area contributed by atoms with Crippen LogP contribution in [0.3, 0.4) is 0 Å². The van der Waals surface area contributed by atoms with Crippen molar-refractivity contribution < 1.29 is 19.1 Å². The molecule has 23 heavy (non-hydrogen) atoms. The number of unbranched alkanes of at least 4 members (excludes halogenated alkanes) is 1. The fourth-order valence-corrected chi connectivity index (χ4v) is 3.27. The molecule has 0 bridgehead atoms. The lowest BCUT2D eigenvalue weighted by Crippen LogP contribution is -2.33. The molecule has 0 spiro atoms. The summed E-state index contributed by atoms with van der Waals surface area (Å²) in [5, 5.41) is 11.6. The molecule has 1 saturated carbocycles. The van der Waals surface area contributed by atoms with E-state index in [0.29, 0.717) is 18.4 Å². The molecule has 0 aromatic heterocycles. The minimum atomic E-state index is -0.847. The lowest BCUT2D eigenvalue weighted by molar-refractivity contribution is -0.137. The minimum absolute atomic E-state index is 0.0760. The lowest BCUT2D eigenvalue weighted by atomic mass is 9.91. The van der Waals surface area contributed by atoms with E-state index in [0.717, 1.165) is 25.7 Å². The van der Waals surface area contributed by atoms with E-state index < -0.39 is 5.97 Å². The van der Waals surface area contributed by atoms with Crippen molar-refractivity contribution in [3.05, 3.63) is 35.6 Å². The highest BCUT2D eigenvalue weighted by atomic mass is 19.1. The molecule has 1 atom stereocenters. The number of hydrogen-bond donors (Lipinski definition) is 2. The first-order chi connectivity index (χ1) is 11.1. The number of amides is 1. The van der Waals surface area contributed by atoms with E-state index in [1.54, 1.807) is 18.2 Å². The van der Waals surface area contributed by atoms with Crippen LogP contribution in [0.1, 0.15) is 63.0 Å². The van der Waals surface area contributed by atoms with Gasteiger partial charge in [0.15, 0.2) is 0 Å². The number of aliphatic carboxylic acids is 1. The van der Waals surface area contributed by atoms with E-state index in [1.807, 2.05) is 0 Å². The molecule has 0 radical (unpaired) electrons. The number of nitrogens with one attached hydrogen (secondary N) is 1. The number of rotatable bonds is 8. The third-order valence-electron chi connectivity index (χ3n) is 4.47. The Kier molecular flexibility index (Phi) is 6.56. The first-order valence-corrected chi connectivity index (χ1v) is 8.33. The molecule has 1 aliphatic rings. The number of carboxylic acid groups (broad SMARTS) is 1. The molecular weight excluding hydrogens is 297 g/mol. The van der Waals surface area contributed by atoms with Gasteiger partial charge >= 0.3 is 5.97 Å². The van der Waals surface area contributed by atoms with Crippen LogP contribution in [0.15, 0.2) is 24.3 Å². The predicted molar refractivity (Wildman–Crippen MR) is 85.3 cm³/mol. The number of carbonyl (C=O) groups excluding carboxylic acids is 1. The Morgan fingerprint density at radius 3 is 2.48 bits per heavy atom. The van der Waals surface area contributed by atoms with Crippen LogP contribution in [0.2, 0.25) is 0 Å². The SMILES string of the molecule is O=C(O)CCCCC(=O)NC(c1ccccc1F)C1CCCC1. The Morgan fingerprint density at radius 1 is 1.17 bits per heavy atom. The number of carbonyl (C=O) groups is 2. The van der Waals surface area contributed by atoms with Crippen molar-refractivity contribution in [2.75, 3.05) is 0 Å². The molecule has 2 N–H and O–H groups in total. The molecule has 4 nitrogen and oxygen atoms in total. The fourth-order valence-electron chi connectivity index (χ4n) is 3.27. The predicted octanol–water partition coefficient (Wildman–Crippen LogP) is 3.82. The molecule has 0 heterocycles. The van der Waals surface area contributed by atoms with Crippen LogP contribution in [-0.2, 0) is 9.59 Å². The summed E-state index contributed by atoms with van der Waals surface area (Å²) in [6.07, 6.45) is 5.60. The van der Waals surface area contributed by atoms with Gasteiger partial charge in [-0.25, -0.2) is 4.39 Å². The molecule has 1 unspecified atom stereocenters. The molecule has 5 heteroatoms. The van der Waals surface area contributed by atoms with Gasteiger partial charge in [-0.3, -0.25) is 9.59 Å². The first-order valence-electron chi connectivity index (χ1n) is 8.33. The average Bonchev–Trinajstić information content (AvgIpc) is 3.04. The molecule has 1 aromatic carbocycles. The zero-order valence-electron chi connectivity index (χ0n) is 13.3. The molecule has 1 amide bonds. The smallest absolute Gasteiger partial charge is 0.303 e. The summed E-state index contributed by atoms with van der Waals surface area (Å²) in [4.78, 5) is 22.6. The van der Waals surface area contributed by atoms with Gasteiger partial charge in [-0.15, -0.1) is 0 Å². The van der Waals surface area contributed by atoms with Crippen LogP contribution in [0.4, 0.5) is 4.39 Å². The number of benzene rings is 1. The van der Waals surface area contributed by atoms with Gasteiger partial charge in [-0.1, -0.05) is 31.0 Å². The van der Waals surface area contributed by atoms with Gasteiger partial charge in [0.2, 0.25) is 5.91 Å². The van der Waals surface area contributed by atoms with Crippen LogP contribution >= 0.6 is 0 Å². The molecule has 1 aromatic rings. The minimum Gasteiger partial charge on any atom is -0.481 e. The third-order valence-corrected chi connectivity index (χ3v) is 4.47. The van der Waals surface area contributed by atoms with Gasteiger partial charge in [-0.2, -0.15) is 0 Å². The third kappa shape index (κ3) is 5.34. The monoisotopic (exact) mass is 321 g/mol. The van der Waals surface area contributed by atoms with Crippen LogP contribution in [-0.4, -0.2) is 17.0 Å². The van der Waals surface area contributed by atoms with Gasteiger partial charge in [0, 0.05) is 18.4 Å². The van der Waals surface area contributed by atoms with Gasteiger partial charge in [-0.05, 0) is 37.7 Å². The molecule has 0 saturated heterocycles. The van der Waals surface area contributed by atoms with E-state index in [2.05, 4.69) is 5.32 Å². The number of carboxylic acids is 1. The highest BCUT2D eigenvalue weighted by molar-refractivity contribution is 5.76. The molecule has 1 fully saturated rings. The van der Waals surface area contributed by atoms with Crippen LogP contribution < -0.4 is 5.32 Å². The van der Waals surface area contributed by atoms with E-state index in [9.17, 15) is 14.0 Å². The first kappa shape index (κ1) is 17.4. The molecule has 0 aliphatic heterocycles. The van der Waals surface area contributed by atoms with Crippen molar-refractivity contribution in [3.63, 3.8) is 0 Å². The van der Waals surface area contributed by atoms with Gasteiger partial charge in [0.25, 0.3) is 0 Å². The van der Waals surface area contributed by atoms with Crippen LogP contribution in [0, 0.1) is 11.7 Å². The lowest BCUT2D eigenvalue weighted by Gasteiger charge is -2.25. The van der Waals surface area contributed by atoms with Crippen molar-refractivity contribution in [2.45, 2.75) is 57.4 Å². The fraction of sp³-hybridized carbons (Fsp3) is 0.556. The Bertz CT molecular complexity index is 541. The Morgan fingerprint density at radius 2 is 1.83 bits per heavy atom. The van der Waals surface area contributed by atoms with E-state index in [-0.39, 0.29) is 36.5 Å². The Balaban J connectivity index is 1.96. The summed E-state index contributed by atoms with van der Waals surface area (Å²) in [5.41, 5.74) is 0.554. The summed E-state index contributed by atoms with van der Waals surface area (Å²) >= 11 is 0. The summed E-state index contributed by atoms with van der Waals surface area (Å²) in [5.74, 6) is -0.985. The largest absolute Gasteiger partial charge is 0.481 e. The Labute approximate surface area is 136 Å². The zero-order valence-corrected chi connectivity index (χ0v) is 13.3. The Hall–Kier alpha value is -1.91. The van der Waals surface area contributed by atoms with Crippen LogP contribution in [0.25, 0.3) is 0 Å². The number of hydrogen-bond acceptors (Lipinski definition) is 2. The van der Waals surface area contributed by atoms with Crippen molar-refractivity contribution in [1.82, 2.24) is 5.32 Å². The zero-order chi connectivity index (χ0) is 16.7. The second-order valence-electron chi connectivity index (χ2n) is 6.21. The number of halogens is 1. The highest BCUT2D eigenvalue weighted by Gasteiger charge is 2.29. The van der Waals surface area contributed by atoms with Crippen molar-refractivity contribution in [2.24, 2.45) is 5.92 Å². The summed E-state index contributed by atoms with van der Waals surface area (Å²) < 4.78 is 14.1. The molecule has 1 aliphatic carbocycles. The van der Waals surface area contributed by atoms with E-state index in [4.69, 9.17) is 5.11 Å². The molecular formula is C18H24FNO3. The van der Waals surface area contributed by atoms with Gasteiger partial charge in [0.1, 0.15) is 5.82 Å². The second kappa shape index (κ2) is 8.65. The highest BCUT2D eigenvalue weighted by Crippen LogP contribution is 2.36. The average molecular weight is 321 g/mol. The van der Waals surface area contributed by atoms with Gasteiger partial charge < -0.3 is 10.4 Å². The summed E-state index contributed by atoms with van der Waals surface area (Å²) in [6, 6.07) is 6.32. The maximum atomic E-state index is 14.1. The topological polar surface area (TPSA) is 66.4 Å². The summed E-state index contributed by atoms with van der Waals surface area (Å²) in [6.45, 7) is 0. The van der Waals surface area contributed by atoms with Crippen molar-refractivity contribution >= 4 is 11.9 Å². The quantitative estimate of drug-likeness (QED) is 0.715. The van der Waals surface area contributed by atoms with Crippen LogP contribution in [0.5, 0.6) is 0 Å². The maximum Gasteiger partial charge on any atom is 0.303 e. The van der Waals surface area contributed by atoms with Gasteiger partial charge in [0.05, 0.1) is 6.04 Å². The van der Waals surface area contributed by atoms with E-state index in [1.165, 1.54) is 6.07 Å². The van der Waals surface area contributed by atoms with Crippen molar-refractivity contribution in [3.8, 4) is 0 Å². The molecule has 126 valence electrons.